The van der Waals surface area contributed by atoms with E-state index in [1.807, 2.05) is 6.92 Å². The molecule has 3 aliphatic heterocycles. The highest BCUT2D eigenvalue weighted by Gasteiger charge is 2.36. The molecule has 0 aromatic heterocycles. The number of benzene rings is 1. The number of sulfonamides is 1. The lowest BCUT2D eigenvalue weighted by atomic mass is 9.98. The standard InChI is InChI=1S/C24H36N4O5S/c1-4-20-24(30)26-19-12-16(3)22(13-21(19)33-20)34(31,32)28-11-6-8-17(15-28)23(29)25-14-18-9-7-10-27(18)5-2/h12-13,17-18,20H,4-11,14-15H2,1-3H3,(H,25,29)(H,26,30)/t17-,18+,20+/m1/s1. The summed E-state index contributed by atoms with van der Waals surface area (Å²) in [7, 11) is -3.82. The van der Waals surface area contributed by atoms with Gasteiger partial charge in [0.25, 0.3) is 5.91 Å². The molecule has 2 amide bonds. The van der Waals surface area contributed by atoms with Crippen LogP contribution in [0.25, 0.3) is 0 Å². The molecule has 3 atom stereocenters. The number of piperidine rings is 1. The van der Waals surface area contributed by atoms with Crippen LogP contribution in [0.15, 0.2) is 17.0 Å². The molecule has 9 nitrogen and oxygen atoms in total. The van der Waals surface area contributed by atoms with Crippen molar-refractivity contribution in [1.82, 2.24) is 14.5 Å². The minimum absolute atomic E-state index is 0.0677. The van der Waals surface area contributed by atoms with Crippen LogP contribution in [-0.4, -0.2) is 74.3 Å². The van der Waals surface area contributed by atoms with Gasteiger partial charge in [-0.1, -0.05) is 13.8 Å². The van der Waals surface area contributed by atoms with Crippen molar-refractivity contribution in [3.8, 4) is 5.75 Å². The summed E-state index contributed by atoms with van der Waals surface area (Å²) < 4.78 is 34.3. The van der Waals surface area contributed by atoms with Crippen LogP contribution in [-0.2, 0) is 19.6 Å². The zero-order valence-electron chi connectivity index (χ0n) is 20.3. The van der Waals surface area contributed by atoms with Crippen LogP contribution in [0.3, 0.4) is 0 Å². The third-order valence-corrected chi connectivity index (χ3v) is 9.26. The van der Waals surface area contributed by atoms with E-state index in [9.17, 15) is 18.0 Å². The molecule has 0 saturated carbocycles. The first-order valence-electron chi connectivity index (χ1n) is 12.4. The topological polar surface area (TPSA) is 108 Å². The van der Waals surface area contributed by atoms with Crippen molar-refractivity contribution in [1.29, 1.82) is 0 Å². The van der Waals surface area contributed by atoms with Crippen LogP contribution in [0.1, 0.15) is 51.5 Å². The highest BCUT2D eigenvalue weighted by atomic mass is 32.2. The minimum Gasteiger partial charge on any atom is -0.478 e. The number of nitrogens with zero attached hydrogens (tertiary/aromatic N) is 2. The first-order valence-corrected chi connectivity index (χ1v) is 13.8. The number of fused-ring (bicyclic) bond motifs is 1. The van der Waals surface area contributed by atoms with Gasteiger partial charge in [0.1, 0.15) is 5.75 Å². The number of anilines is 1. The lowest BCUT2D eigenvalue weighted by Gasteiger charge is -2.33. The van der Waals surface area contributed by atoms with E-state index in [0.717, 1.165) is 25.9 Å². The van der Waals surface area contributed by atoms with E-state index in [2.05, 4.69) is 22.5 Å². The Kier molecular flexibility index (Phi) is 7.49. The summed E-state index contributed by atoms with van der Waals surface area (Å²) in [6.07, 6.45) is 3.39. The average molecular weight is 493 g/mol. The quantitative estimate of drug-likeness (QED) is 0.604. The smallest absolute Gasteiger partial charge is 0.265 e. The zero-order valence-corrected chi connectivity index (χ0v) is 21.1. The molecule has 2 fully saturated rings. The number of rotatable bonds is 7. The van der Waals surface area contributed by atoms with Gasteiger partial charge in [0.2, 0.25) is 15.9 Å². The molecular formula is C24H36N4O5S. The highest BCUT2D eigenvalue weighted by molar-refractivity contribution is 7.89. The Bertz CT molecular complexity index is 1040. The fraction of sp³-hybridized carbons (Fsp3) is 0.667. The molecular weight excluding hydrogens is 456 g/mol. The molecule has 10 heteroatoms. The summed E-state index contributed by atoms with van der Waals surface area (Å²) >= 11 is 0. The molecule has 0 spiro atoms. The van der Waals surface area contributed by atoms with E-state index in [4.69, 9.17) is 4.74 Å². The molecule has 0 unspecified atom stereocenters. The third kappa shape index (κ3) is 4.94. The lowest BCUT2D eigenvalue weighted by Crippen LogP contribution is -2.47. The van der Waals surface area contributed by atoms with E-state index >= 15 is 0 Å². The summed E-state index contributed by atoms with van der Waals surface area (Å²) in [6.45, 7) is 8.89. The maximum Gasteiger partial charge on any atom is 0.265 e. The van der Waals surface area contributed by atoms with Crippen molar-refractivity contribution in [2.24, 2.45) is 5.92 Å². The number of carbonyl (C=O) groups excluding carboxylic acids is 2. The van der Waals surface area contributed by atoms with Gasteiger partial charge in [-0.15, -0.1) is 0 Å². The predicted molar refractivity (Wildman–Crippen MR) is 129 cm³/mol. The highest BCUT2D eigenvalue weighted by Crippen LogP contribution is 2.36. The molecule has 4 rings (SSSR count). The number of aryl methyl sites for hydroxylation is 1. The molecule has 2 saturated heterocycles. The van der Waals surface area contributed by atoms with Gasteiger partial charge in [-0.2, -0.15) is 4.31 Å². The summed E-state index contributed by atoms with van der Waals surface area (Å²) in [5.41, 5.74) is 1.01. The summed E-state index contributed by atoms with van der Waals surface area (Å²) in [4.78, 5) is 27.5. The van der Waals surface area contributed by atoms with Crippen LogP contribution in [0.2, 0.25) is 0 Å². The molecule has 34 heavy (non-hydrogen) atoms. The normalized spacial score (nSPS) is 26.0. The maximum absolute atomic E-state index is 13.6. The lowest BCUT2D eigenvalue weighted by molar-refractivity contribution is -0.126. The molecule has 3 heterocycles. The number of ether oxygens (including phenoxy) is 1. The Morgan fingerprint density at radius 3 is 2.71 bits per heavy atom. The van der Waals surface area contributed by atoms with Gasteiger partial charge >= 0.3 is 0 Å². The van der Waals surface area contributed by atoms with E-state index < -0.39 is 16.1 Å². The van der Waals surface area contributed by atoms with E-state index in [1.54, 1.807) is 13.0 Å². The van der Waals surface area contributed by atoms with Gasteiger partial charge in [-0.25, -0.2) is 8.42 Å². The fourth-order valence-electron chi connectivity index (χ4n) is 5.25. The van der Waals surface area contributed by atoms with Crippen molar-refractivity contribution >= 4 is 27.5 Å². The number of hydrogen-bond acceptors (Lipinski definition) is 6. The van der Waals surface area contributed by atoms with Gasteiger partial charge in [-0.3, -0.25) is 14.5 Å². The Morgan fingerprint density at radius 2 is 1.97 bits per heavy atom. The Labute approximate surface area is 202 Å². The number of nitrogens with one attached hydrogen (secondary N) is 2. The van der Waals surface area contributed by atoms with Gasteiger partial charge in [0.05, 0.1) is 16.5 Å². The first-order chi connectivity index (χ1) is 16.2. The number of hydrogen-bond donors (Lipinski definition) is 2. The van der Waals surface area contributed by atoms with Crippen molar-refractivity contribution in [2.45, 2.75) is 69.9 Å². The largest absolute Gasteiger partial charge is 0.478 e. The number of likely N-dealkylation sites (tertiary alicyclic amines) is 1. The number of carbonyl (C=O) groups is 2. The summed E-state index contributed by atoms with van der Waals surface area (Å²) in [6, 6.07) is 3.51. The number of amides is 2. The molecule has 0 aliphatic carbocycles. The average Bonchev–Trinajstić information content (AvgIpc) is 3.29. The molecule has 2 N–H and O–H groups in total. The Hall–Kier alpha value is -2.17. The third-order valence-electron chi connectivity index (χ3n) is 7.26. The van der Waals surface area contributed by atoms with E-state index in [1.165, 1.54) is 10.4 Å². The second-order valence-corrected chi connectivity index (χ2v) is 11.4. The van der Waals surface area contributed by atoms with Gasteiger partial charge in [0, 0.05) is 31.7 Å². The summed E-state index contributed by atoms with van der Waals surface area (Å²) in [5, 5.41) is 5.87. The predicted octanol–water partition coefficient (Wildman–Crippen LogP) is 2.11. The van der Waals surface area contributed by atoms with Crippen molar-refractivity contribution < 1.29 is 22.7 Å². The summed E-state index contributed by atoms with van der Waals surface area (Å²) in [5.74, 6) is -0.298. The van der Waals surface area contributed by atoms with Crippen LogP contribution < -0.4 is 15.4 Å². The molecule has 1 aromatic carbocycles. The van der Waals surface area contributed by atoms with Crippen LogP contribution in [0.4, 0.5) is 5.69 Å². The Morgan fingerprint density at radius 1 is 1.21 bits per heavy atom. The zero-order chi connectivity index (χ0) is 24.5. The monoisotopic (exact) mass is 492 g/mol. The molecule has 3 aliphatic rings. The van der Waals surface area contributed by atoms with Crippen LogP contribution >= 0.6 is 0 Å². The minimum atomic E-state index is -3.82. The fourth-order valence-corrected chi connectivity index (χ4v) is 7.00. The van der Waals surface area contributed by atoms with E-state index in [-0.39, 0.29) is 29.2 Å². The van der Waals surface area contributed by atoms with Crippen molar-refractivity contribution in [2.75, 3.05) is 38.0 Å². The first kappa shape index (κ1) is 24.9. The van der Waals surface area contributed by atoms with Gasteiger partial charge < -0.3 is 15.4 Å². The van der Waals surface area contributed by atoms with Crippen LogP contribution in [0, 0.1) is 12.8 Å². The van der Waals surface area contributed by atoms with Gasteiger partial charge in [-0.05, 0) is 63.7 Å². The SMILES string of the molecule is CC[C@@H]1Oc2cc(S(=O)(=O)N3CCC[C@@H](C(=O)NC[C@@H]4CCCN4CC)C3)c(C)cc2NC1=O. The second-order valence-electron chi connectivity index (χ2n) is 9.49. The second kappa shape index (κ2) is 10.2. The molecule has 1 aromatic rings. The van der Waals surface area contributed by atoms with Crippen molar-refractivity contribution in [3.63, 3.8) is 0 Å². The van der Waals surface area contributed by atoms with Gasteiger partial charge in [0.15, 0.2) is 6.10 Å². The molecule has 0 bridgehead atoms. The van der Waals surface area contributed by atoms with Crippen LogP contribution in [0.5, 0.6) is 5.75 Å². The Balaban J connectivity index is 1.46. The number of likely N-dealkylation sites (N-methyl/N-ethyl adjacent to an activating group) is 1. The maximum atomic E-state index is 13.6. The molecule has 188 valence electrons. The van der Waals surface area contributed by atoms with Crippen molar-refractivity contribution in [3.05, 3.63) is 17.7 Å². The molecule has 0 radical (unpaired) electrons. The van der Waals surface area contributed by atoms with E-state index in [0.29, 0.717) is 55.4 Å².